The van der Waals surface area contributed by atoms with E-state index in [2.05, 4.69) is 29.2 Å². The summed E-state index contributed by atoms with van der Waals surface area (Å²) < 4.78 is 5.44. The molecule has 3 rings (SSSR count). The molecule has 0 bridgehead atoms. The lowest BCUT2D eigenvalue weighted by molar-refractivity contribution is 0.472. The quantitative estimate of drug-likeness (QED) is 0.785. The van der Waals surface area contributed by atoms with Gasteiger partial charge in [-0.2, -0.15) is 0 Å². The lowest BCUT2D eigenvalue weighted by Gasteiger charge is -2.16. The van der Waals surface area contributed by atoms with Crippen LogP contribution in [0.4, 0.5) is 0 Å². The highest BCUT2D eigenvalue weighted by molar-refractivity contribution is 5.68. The van der Waals surface area contributed by atoms with Crippen LogP contribution in [-0.4, -0.2) is 11.5 Å². The van der Waals surface area contributed by atoms with Crippen LogP contribution in [0.1, 0.15) is 17.4 Å². The van der Waals surface area contributed by atoms with Crippen LogP contribution in [0.3, 0.4) is 0 Å². The molecule has 0 aliphatic rings. The summed E-state index contributed by atoms with van der Waals surface area (Å²) >= 11 is 0. The molecule has 0 saturated carbocycles. The highest BCUT2D eigenvalue weighted by atomic mass is 16.3. The average Bonchev–Trinajstić information content (AvgIpc) is 3.04. The molecule has 2 aromatic carbocycles. The minimum atomic E-state index is -0.0265. The van der Waals surface area contributed by atoms with Gasteiger partial charge in [0, 0.05) is 6.54 Å². The zero-order valence-corrected chi connectivity index (χ0v) is 11.1. The third-order valence-electron chi connectivity index (χ3n) is 3.41. The van der Waals surface area contributed by atoms with Crippen molar-refractivity contribution in [2.75, 3.05) is 6.54 Å². The minimum Gasteiger partial charge on any atom is -0.448 e. The number of nitrogens with zero attached hydrogens (tertiary/aromatic N) is 1. The van der Waals surface area contributed by atoms with Crippen molar-refractivity contribution in [2.45, 2.75) is 5.92 Å². The van der Waals surface area contributed by atoms with E-state index >= 15 is 0 Å². The maximum atomic E-state index is 5.94. The smallest absolute Gasteiger partial charge is 0.202 e. The van der Waals surface area contributed by atoms with Crippen LogP contribution in [-0.2, 0) is 0 Å². The summed E-state index contributed by atoms with van der Waals surface area (Å²) in [6.07, 6.45) is 3.24. The van der Waals surface area contributed by atoms with Crippen LogP contribution in [0.5, 0.6) is 0 Å². The molecule has 0 radical (unpaired) electrons. The van der Waals surface area contributed by atoms with Gasteiger partial charge in [0.25, 0.3) is 0 Å². The number of hydrogen-bond donors (Lipinski definition) is 1. The first-order chi connectivity index (χ1) is 9.90. The normalized spacial score (nSPS) is 12.2. The zero-order chi connectivity index (χ0) is 13.8. The molecule has 0 saturated heterocycles. The van der Waals surface area contributed by atoms with Gasteiger partial charge in [-0.3, -0.25) is 0 Å². The molecule has 3 heteroatoms. The van der Waals surface area contributed by atoms with Crippen molar-refractivity contribution < 1.29 is 4.42 Å². The van der Waals surface area contributed by atoms with E-state index in [0.29, 0.717) is 12.4 Å². The molecule has 0 aliphatic heterocycles. The van der Waals surface area contributed by atoms with Crippen molar-refractivity contribution in [2.24, 2.45) is 5.73 Å². The van der Waals surface area contributed by atoms with Gasteiger partial charge >= 0.3 is 0 Å². The van der Waals surface area contributed by atoms with E-state index in [9.17, 15) is 0 Å². The van der Waals surface area contributed by atoms with Crippen LogP contribution in [0.25, 0.3) is 11.1 Å². The fourth-order valence-corrected chi connectivity index (χ4v) is 2.45. The molecule has 100 valence electrons. The maximum absolute atomic E-state index is 5.94. The van der Waals surface area contributed by atoms with Crippen LogP contribution in [0.2, 0.25) is 0 Å². The Bertz CT molecular complexity index is 662. The molecule has 1 atom stereocenters. The van der Waals surface area contributed by atoms with Crippen LogP contribution < -0.4 is 5.73 Å². The molecule has 0 aliphatic carbocycles. The second-order valence-corrected chi connectivity index (χ2v) is 4.61. The first kappa shape index (κ1) is 12.6. The third kappa shape index (κ3) is 2.36. The second-order valence-electron chi connectivity index (χ2n) is 4.61. The molecule has 2 N–H and O–H groups in total. The molecule has 0 fully saturated rings. The van der Waals surface area contributed by atoms with E-state index in [0.717, 1.165) is 5.56 Å². The molecule has 3 nitrogen and oxygen atoms in total. The summed E-state index contributed by atoms with van der Waals surface area (Å²) in [5.74, 6) is 0.636. The van der Waals surface area contributed by atoms with E-state index in [1.807, 2.05) is 30.3 Å². The molecule has 1 unspecified atom stereocenters. The largest absolute Gasteiger partial charge is 0.448 e. The predicted octanol–water partition coefficient (Wildman–Crippen LogP) is 3.43. The third-order valence-corrected chi connectivity index (χ3v) is 3.41. The van der Waals surface area contributed by atoms with Crippen LogP contribution in [0, 0.1) is 0 Å². The SMILES string of the molecule is NCC(c1ncco1)c1ccccc1-c1ccccc1. The van der Waals surface area contributed by atoms with Crippen molar-refractivity contribution in [3.05, 3.63) is 78.5 Å². The molecule has 0 spiro atoms. The van der Waals surface area contributed by atoms with Gasteiger partial charge in [-0.05, 0) is 16.7 Å². The van der Waals surface area contributed by atoms with Gasteiger partial charge in [0.1, 0.15) is 6.26 Å². The number of hydrogen-bond acceptors (Lipinski definition) is 3. The summed E-state index contributed by atoms with van der Waals surface area (Å²) in [5.41, 5.74) is 9.43. The molecular weight excluding hydrogens is 248 g/mol. The van der Waals surface area contributed by atoms with E-state index in [1.165, 1.54) is 11.1 Å². The molecular formula is C17H16N2O. The first-order valence-corrected chi connectivity index (χ1v) is 6.64. The van der Waals surface area contributed by atoms with Crippen LogP contribution in [0.15, 0.2) is 71.5 Å². The van der Waals surface area contributed by atoms with Gasteiger partial charge in [-0.1, -0.05) is 54.6 Å². The van der Waals surface area contributed by atoms with E-state index < -0.39 is 0 Å². The zero-order valence-electron chi connectivity index (χ0n) is 11.1. The number of rotatable bonds is 4. The Labute approximate surface area is 118 Å². The minimum absolute atomic E-state index is 0.0265. The fraction of sp³-hybridized carbons (Fsp3) is 0.118. The van der Waals surface area contributed by atoms with E-state index in [4.69, 9.17) is 10.2 Å². The monoisotopic (exact) mass is 264 g/mol. The van der Waals surface area contributed by atoms with Crippen molar-refractivity contribution in [3.8, 4) is 11.1 Å². The van der Waals surface area contributed by atoms with Crippen molar-refractivity contribution in [1.82, 2.24) is 4.98 Å². The van der Waals surface area contributed by atoms with Crippen molar-refractivity contribution in [3.63, 3.8) is 0 Å². The molecule has 1 aromatic heterocycles. The molecule has 3 aromatic rings. The van der Waals surface area contributed by atoms with Crippen molar-refractivity contribution >= 4 is 0 Å². The standard InChI is InChI=1S/C17H16N2O/c18-12-16(17-19-10-11-20-17)15-9-5-4-8-14(15)13-6-2-1-3-7-13/h1-11,16H,12,18H2. The highest BCUT2D eigenvalue weighted by Crippen LogP contribution is 2.32. The molecule has 0 amide bonds. The van der Waals surface area contributed by atoms with Crippen molar-refractivity contribution in [1.29, 1.82) is 0 Å². The van der Waals surface area contributed by atoms with Crippen LogP contribution >= 0.6 is 0 Å². The Hall–Kier alpha value is -2.39. The average molecular weight is 264 g/mol. The second kappa shape index (κ2) is 5.72. The Kier molecular flexibility index (Phi) is 3.61. The summed E-state index contributed by atoms with van der Waals surface area (Å²) in [5, 5.41) is 0. The summed E-state index contributed by atoms with van der Waals surface area (Å²) in [6, 6.07) is 18.5. The number of benzene rings is 2. The summed E-state index contributed by atoms with van der Waals surface area (Å²) in [7, 11) is 0. The Morgan fingerprint density at radius 2 is 1.75 bits per heavy atom. The fourth-order valence-electron chi connectivity index (χ4n) is 2.45. The first-order valence-electron chi connectivity index (χ1n) is 6.64. The van der Waals surface area contributed by atoms with Gasteiger partial charge in [0.15, 0.2) is 0 Å². The molecule has 20 heavy (non-hydrogen) atoms. The number of nitrogens with two attached hydrogens (primary N) is 1. The van der Waals surface area contributed by atoms with Gasteiger partial charge in [0.2, 0.25) is 5.89 Å². The predicted molar refractivity (Wildman–Crippen MR) is 79.3 cm³/mol. The number of aromatic nitrogens is 1. The van der Waals surface area contributed by atoms with Gasteiger partial charge in [0.05, 0.1) is 12.1 Å². The van der Waals surface area contributed by atoms with Gasteiger partial charge < -0.3 is 10.2 Å². The topological polar surface area (TPSA) is 52.0 Å². The number of oxazole rings is 1. The van der Waals surface area contributed by atoms with Gasteiger partial charge in [-0.15, -0.1) is 0 Å². The molecule has 1 heterocycles. The summed E-state index contributed by atoms with van der Waals surface area (Å²) in [4.78, 5) is 4.25. The Morgan fingerprint density at radius 1 is 1.00 bits per heavy atom. The Balaban J connectivity index is 2.10. The lowest BCUT2D eigenvalue weighted by Crippen LogP contribution is -2.15. The summed E-state index contributed by atoms with van der Waals surface area (Å²) in [6.45, 7) is 0.463. The lowest BCUT2D eigenvalue weighted by atomic mass is 9.90. The Morgan fingerprint density at radius 3 is 2.45 bits per heavy atom. The van der Waals surface area contributed by atoms with E-state index in [-0.39, 0.29) is 5.92 Å². The van der Waals surface area contributed by atoms with E-state index in [1.54, 1.807) is 12.5 Å². The maximum Gasteiger partial charge on any atom is 0.202 e. The highest BCUT2D eigenvalue weighted by Gasteiger charge is 2.20. The van der Waals surface area contributed by atoms with Gasteiger partial charge in [-0.25, -0.2) is 4.98 Å².